The lowest BCUT2D eigenvalue weighted by atomic mass is 9.86. The van der Waals surface area contributed by atoms with Gasteiger partial charge in [0.25, 0.3) is 0 Å². The van der Waals surface area contributed by atoms with Crippen LogP contribution in [0.25, 0.3) is 0 Å². The number of hydrogen-bond donors (Lipinski definition) is 1. The lowest BCUT2D eigenvalue weighted by molar-refractivity contribution is 0.128. The molecule has 0 radical (unpaired) electrons. The summed E-state index contributed by atoms with van der Waals surface area (Å²) in [6.07, 6.45) is 6.82. The Morgan fingerprint density at radius 3 is 2.58 bits per heavy atom. The van der Waals surface area contributed by atoms with E-state index in [0.29, 0.717) is 6.10 Å². The number of benzene rings is 1. The van der Waals surface area contributed by atoms with Gasteiger partial charge in [0, 0.05) is 12.1 Å². The van der Waals surface area contributed by atoms with Gasteiger partial charge in [-0.3, -0.25) is 0 Å². The summed E-state index contributed by atoms with van der Waals surface area (Å²) in [4.78, 5) is 0. The molecule has 0 aromatic heterocycles. The van der Waals surface area contributed by atoms with Crippen molar-refractivity contribution in [3.05, 3.63) is 29.3 Å². The molecule has 1 saturated carbocycles. The van der Waals surface area contributed by atoms with Crippen LogP contribution in [0.4, 0.5) is 0 Å². The predicted molar refractivity (Wildman–Crippen MR) is 80.6 cm³/mol. The Bertz CT molecular complexity index is 394. The number of rotatable bonds is 5. The third-order valence-corrected chi connectivity index (χ3v) is 4.25. The van der Waals surface area contributed by atoms with Gasteiger partial charge in [-0.1, -0.05) is 31.0 Å². The van der Waals surface area contributed by atoms with Crippen LogP contribution in [0.15, 0.2) is 18.2 Å². The third kappa shape index (κ3) is 3.97. The second-order valence-corrected chi connectivity index (χ2v) is 5.81. The van der Waals surface area contributed by atoms with Crippen molar-refractivity contribution in [1.29, 1.82) is 0 Å². The summed E-state index contributed by atoms with van der Waals surface area (Å²) < 4.78 is 6.25. The average Bonchev–Trinajstić information content (AvgIpc) is 2.43. The van der Waals surface area contributed by atoms with Gasteiger partial charge in [0.15, 0.2) is 0 Å². The lowest BCUT2D eigenvalue weighted by Gasteiger charge is -2.29. The summed E-state index contributed by atoms with van der Waals surface area (Å²) in [5.41, 5.74) is 2.58. The molecule has 2 heteroatoms. The van der Waals surface area contributed by atoms with E-state index in [1.165, 1.54) is 43.2 Å². The van der Waals surface area contributed by atoms with E-state index in [4.69, 9.17) is 4.74 Å². The molecule has 0 amide bonds. The Morgan fingerprint density at radius 1 is 1.21 bits per heavy atom. The molecule has 1 aliphatic rings. The summed E-state index contributed by atoms with van der Waals surface area (Å²) in [6, 6.07) is 6.50. The molecule has 2 nitrogen and oxygen atoms in total. The highest BCUT2D eigenvalue weighted by Crippen LogP contribution is 2.30. The van der Waals surface area contributed by atoms with Crippen LogP contribution in [0.2, 0.25) is 0 Å². The zero-order valence-electron chi connectivity index (χ0n) is 12.5. The molecule has 1 aromatic rings. The number of hydrogen-bond acceptors (Lipinski definition) is 2. The first-order valence-corrected chi connectivity index (χ1v) is 7.63. The molecule has 1 N–H and O–H groups in total. The van der Waals surface area contributed by atoms with E-state index in [9.17, 15) is 0 Å². The van der Waals surface area contributed by atoms with Crippen molar-refractivity contribution >= 4 is 0 Å². The van der Waals surface area contributed by atoms with Gasteiger partial charge >= 0.3 is 0 Å². The number of aryl methyl sites for hydroxylation is 1. The summed E-state index contributed by atoms with van der Waals surface area (Å²) in [5.74, 6) is 1.99. The molecule has 0 unspecified atom stereocenters. The Kier molecular flexibility index (Phi) is 5.26. The highest BCUT2D eigenvalue weighted by molar-refractivity contribution is 5.37. The van der Waals surface area contributed by atoms with Crippen LogP contribution in [-0.4, -0.2) is 13.2 Å². The van der Waals surface area contributed by atoms with Crippen LogP contribution < -0.4 is 10.1 Å². The van der Waals surface area contributed by atoms with Crippen molar-refractivity contribution in [2.24, 2.45) is 5.92 Å². The molecular weight excluding hydrogens is 234 g/mol. The number of nitrogens with one attached hydrogen (secondary N) is 1. The SMILES string of the molecule is CCC1CCC(Oc2ccc(C)cc2CNC)CC1. The molecule has 19 heavy (non-hydrogen) atoms. The Labute approximate surface area is 117 Å². The summed E-state index contributed by atoms with van der Waals surface area (Å²) >= 11 is 0. The minimum Gasteiger partial charge on any atom is -0.490 e. The van der Waals surface area contributed by atoms with E-state index in [1.54, 1.807) is 0 Å². The molecular formula is C17H27NO. The second-order valence-electron chi connectivity index (χ2n) is 5.81. The maximum absolute atomic E-state index is 6.25. The molecule has 1 fully saturated rings. The zero-order chi connectivity index (χ0) is 13.7. The first-order valence-electron chi connectivity index (χ1n) is 7.63. The summed E-state index contributed by atoms with van der Waals surface area (Å²) in [7, 11) is 1.98. The smallest absolute Gasteiger partial charge is 0.124 e. The minimum absolute atomic E-state index is 0.418. The maximum Gasteiger partial charge on any atom is 0.124 e. The monoisotopic (exact) mass is 261 g/mol. The third-order valence-electron chi connectivity index (χ3n) is 4.25. The molecule has 0 atom stereocenters. The van der Waals surface area contributed by atoms with E-state index in [2.05, 4.69) is 37.4 Å². The van der Waals surface area contributed by atoms with E-state index in [-0.39, 0.29) is 0 Å². The van der Waals surface area contributed by atoms with Crippen molar-refractivity contribution in [1.82, 2.24) is 5.32 Å². The molecule has 0 saturated heterocycles. The van der Waals surface area contributed by atoms with Gasteiger partial charge in [0.05, 0.1) is 6.10 Å². The highest BCUT2D eigenvalue weighted by atomic mass is 16.5. The van der Waals surface area contributed by atoms with Crippen molar-refractivity contribution in [3.63, 3.8) is 0 Å². The fourth-order valence-electron chi connectivity index (χ4n) is 2.99. The normalized spacial score (nSPS) is 23.3. The van der Waals surface area contributed by atoms with Gasteiger partial charge in [-0.25, -0.2) is 0 Å². The molecule has 1 aliphatic carbocycles. The van der Waals surface area contributed by atoms with Gasteiger partial charge < -0.3 is 10.1 Å². The van der Waals surface area contributed by atoms with Crippen LogP contribution in [0, 0.1) is 12.8 Å². The largest absolute Gasteiger partial charge is 0.490 e. The van der Waals surface area contributed by atoms with Crippen LogP contribution >= 0.6 is 0 Å². The van der Waals surface area contributed by atoms with Crippen molar-refractivity contribution < 1.29 is 4.74 Å². The quantitative estimate of drug-likeness (QED) is 0.863. The molecule has 1 aromatic carbocycles. The van der Waals surface area contributed by atoms with Crippen molar-refractivity contribution in [2.45, 2.75) is 58.6 Å². The van der Waals surface area contributed by atoms with E-state index in [0.717, 1.165) is 18.2 Å². The molecule has 0 spiro atoms. The predicted octanol–water partition coefficient (Wildman–Crippen LogP) is 4.06. The molecule has 106 valence electrons. The van der Waals surface area contributed by atoms with Crippen molar-refractivity contribution in [3.8, 4) is 5.75 Å². The molecule has 0 bridgehead atoms. The van der Waals surface area contributed by atoms with Crippen LogP contribution in [0.3, 0.4) is 0 Å². The van der Waals surface area contributed by atoms with Crippen molar-refractivity contribution in [2.75, 3.05) is 7.05 Å². The lowest BCUT2D eigenvalue weighted by Crippen LogP contribution is -2.24. The molecule has 2 rings (SSSR count). The summed E-state index contributed by atoms with van der Waals surface area (Å²) in [5, 5.41) is 3.23. The minimum atomic E-state index is 0.418. The summed E-state index contributed by atoms with van der Waals surface area (Å²) in [6.45, 7) is 5.31. The van der Waals surface area contributed by atoms with Gasteiger partial charge in [0.1, 0.15) is 5.75 Å². The Hall–Kier alpha value is -1.02. The Balaban J connectivity index is 1.99. The van der Waals surface area contributed by atoms with Gasteiger partial charge in [0.2, 0.25) is 0 Å². The maximum atomic E-state index is 6.25. The van der Waals surface area contributed by atoms with E-state index >= 15 is 0 Å². The first kappa shape index (κ1) is 14.4. The zero-order valence-corrected chi connectivity index (χ0v) is 12.5. The van der Waals surface area contributed by atoms with Gasteiger partial charge in [-0.2, -0.15) is 0 Å². The first-order chi connectivity index (χ1) is 9.22. The van der Waals surface area contributed by atoms with Crippen LogP contribution in [-0.2, 0) is 6.54 Å². The van der Waals surface area contributed by atoms with Crippen LogP contribution in [0.1, 0.15) is 50.2 Å². The van der Waals surface area contributed by atoms with Gasteiger partial charge in [-0.15, -0.1) is 0 Å². The van der Waals surface area contributed by atoms with E-state index in [1.807, 2.05) is 7.05 Å². The average molecular weight is 261 g/mol. The van der Waals surface area contributed by atoms with Crippen LogP contribution in [0.5, 0.6) is 5.75 Å². The molecule has 0 heterocycles. The highest BCUT2D eigenvalue weighted by Gasteiger charge is 2.21. The molecule has 0 aliphatic heterocycles. The fraction of sp³-hybridized carbons (Fsp3) is 0.647. The van der Waals surface area contributed by atoms with Gasteiger partial charge in [-0.05, 0) is 51.6 Å². The fourth-order valence-corrected chi connectivity index (χ4v) is 2.99. The number of ether oxygens (including phenoxy) is 1. The standard InChI is InChI=1S/C17H27NO/c1-4-14-6-8-16(9-7-14)19-17-10-5-13(2)11-15(17)12-18-3/h5,10-11,14,16,18H,4,6-9,12H2,1-3H3. The Morgan fingerprint density at radius 2 is 1.95 bits per heavy atom. The van der Waals surface area contributed by atoms with E-state index < -0.39 is 0 Å². The topological polar surface area (TPSA) is 21.3 Å². The second kappa shape index (κ2) is 6.95.